The lowest BCUT2D eigenvalue weighted by atomic mass is 10.1. The van der Waals surface area contributed by atoms with Crippen LogP contribution in [0.4, 0.5) is 0 Å². The summed E-state index contributed by atoms with van der Waals surface area (Å²) in [5.74, 6) is 1.42. The predicted octanol–water partition coefficient (Wildman–Crippen LogP) is 1.88. The molecule has 112 valence electrons. The molecular weight excluding hydrogens is 264 g/mol. The topological polar surface area (TPSA) is 54.2 Å². The molecule has 1 aliphatic rings. The van der Waals surface area contributed by atoms with Gasteiger partial charge >= 0.3 is 0 Å². The van der Waals surface area contributed by atoms with E-state index in [4.69, 9.17) is 4.52 Å². The summed E-state index contributed by atoms with van der Waals surface area (Å²) in [5, 5.41) is 7.44. The van der Waals surface area contributed by atoms with E-state index in [2.05, 4.69) is 39.4 Å². The molecule has 2 aromatic rings. The minimum Gasteiger partial charge on any atom is -0.339 e. The molecular formula is C16H22N4O. The Morgan fingerprint density at radius 3 is 2.71 bits per heavy atom. The van der Waals surface area contributed by atoms with Gasteiger partial charge in [0.2, 0.25) is 11.7 Å². The highest BCUT2D eigenvalue weighted by Crippen LogP contribution is 2.16. The number of hydrogen-bond donors (Lipinski definition) is 1. The van der Waals surface area contributed by atoms with Gasteiger partial charge in [0.1, 0.15) is 0 Å². The van der Waals surface area contributed by atoms with Crippen molar-refractivity contribution in [3.63, 3.8) is 0 Å². The molecule has 5 nitrogen and oxygen atoms in total. The van der Waals surface area contributed by atoms with Gasteiger partial charge in [-0.2, -0.15) is 4.98 Å². The molecule has 0 amide bonds. The average molecular weight is 286 g/mol. The van der Waals surface area contributed by atoms with E-state index in [1.807, 2.05) is 12.1 Å². The molecule has 2 heterocycles. The van der Waals surface area contributed by atoms with Crippen LogP contribution in [-0.2, 0) is 6.42 Å². The minimum absolute atomic E-state index is 0.687. The van der Waals surface area contributed by atoms with Crippen molar-refractivity contribution in [3.05, 3.63) is 35.7 Å². The summed E-state index contributed by atoms with van der Waals surface area (Å²) < 4.78 is 5.35. The summed E-state index contributed by atoms with van der Waals surface area (Å²) in [6.07, 6.45) is 1.92. The molecule has 1 aliphatic heterocycles. The van der Waals surface area contributed by atoms with Crippen molar-refractivity contribution in [2.75, 3.05) is 32.7 Å². The number of nitrogens with zero attached hydrogens (tertiary/aromatic N) is 3. The van der Waals surface area contributed by atoms with Crippen molar-refractivity contribution < 1.29 is 4.52 Å². The van der Waals surface area contributed by atoms with E-state index in [-0.39, 0.29) is 0 Å². The summed E-state index contributed by atoms with van der Waals surface area (Å²) >= 11 is 0. The van der Waals surface area contributed by atoms with Crippen LogP contribution in [0.5, 0.6) is 0 Å². The molecule has 5 heteroatoms. The Bertz CT molecular complexity index is 558. The second-order valence-electron chi connectivity index (χ2n) is 5.57. The molecule has 1 saturated heterocycles. The van der Waals surface area contributed by atoms with Crippen molar-refractivity contribution in [2.24, 2.45) is 0 Å². The van der Waals surface area contributed by atoms with Crippen molar-refractivity contribution in [1.29, 1.82) is 0 Å². The highest BCUT2D eigenvalue weighted by Gasteiger charge is 2.11. The summed E-state index contributed by atoms with van der Waals surface area (Å²) in [4.78, 5) is 6.96. The van der Waals surface area contributed by atoms with E-state index in [9.17, 15) is 0 Å². The van der Waals surface area contributed by atoms with Crippen LogP contribution in [0.3, 0.4) is 0 Å². The third-order valence-corrected chi connectivity index (χ3v) is 3.85. The van der Waals surface area contributed by atoms with Crippen LogP contribution in [0.1, 0.15) is 17.9 Å². The quantitative estimate of drug-likeness (QED) is 0.909. The number of hydrogen-bond acceptors (Lipinski definition) is 5. The van der Waals surface area contributed by atoms with Crippen LogP contribution in [0.25, 0.3) is 11.4 Å². The van der Waals surface area contributed by atoms with Crippen LogP contribution >= 0.6 is 0 Å². The van der Waals surface area contributed by atoms with Crippen LogP contribution in [0.15, 0.2) is 28.8 Å². The lowest BCUT2D eigenvalue weighted by Crippen LogP contribution is -2.43. The SMILES string of the molecule is Cc1ccc(-c2noc(CCCN3CCNCC3)n2)cc1. The van der Waals surface area contributed by atoms with Gasteiger partial charge in [0.25, 0.3) is 0 Å². The van der Waals surface area contributed by atoms with Crippen LogP contribution in [0, 0.1) is 6.92 Å². The molecule has 0 radical (unpaired) electrons. The van der Waals surface area contributed by atoms with Gasteiger partial charge in [-0.15, -0.1) is 0 Å². The van der Waals surface area contributed by atoms with E-state index < -0.39 is 0 Å². The maximum atomic E-state index is 5.35. The lowest BCUT2D eigenvalue weighted by molar-refractivity contribution is 0.235. The molecule has 1 aromatic carbocycles. The van der Waals surface area contributed by atoms with Crippen molar-refractivity contribution >= 4 is 0 Å². The number of nitrogens with one attached hydrogen (secondary N) is 1. The molecule has 0 spiro atoms. The fraction of sp³-hybridized carbons (Fsp3) is 0.500. The first-order chi connectivity index (χ1) is 10.3. The lowest BCUT2D eigenvalue weighted by Gasteiger charge is -2.26. The molecule has 0 bridgehead atoms. The largest absolute Gasteiger partial charge is 0.339 e. The Hall–Kier alpha value is -1.72. The van der Waals surface area contributed by atoms with Gasteiger partial charge < -0.3 is 14.7 Å². The van der Waals surface area contributed by atoms with Crippen LogP contribution < -0.4 is 5.32 Å². The van der Waals surface area contributed by atoms with Gasteiger partial charge in [-0.3, -0.25) is 0 Å². The van der Waals surface area contributed by atoms with Crippen molar-refractivity contribution in [1.82, 2.24) is 20.4 Å². The Balaban J connectivity index is 1.51. The maximum absolute atomic E-state index is 5.35. The number of aromatic nitrogens is 2. The van der Waals surface area contributed by atoms with Crippen LogP contribution in [0.2, 0.25) is 0 Å². The molecule has 0 atom stereocenters. The number of benzene rings is 1. The number of rotatable bonds is 5. The van der Waals surface area contributed by atoms with E-state index in [1.54, 1.807) is 0 Å². The highest BCUT2D eigenvalue weighted by molar-refractivity contribution is 5.54. The average Bonchev–Trinajstić information content (AvgIpc) is 2.98. The Morgan fingerprint density at radius 2 is 1.95 bits per heavy atom. The zero-order valence-corrected chi connectivity index (χ0v) is 12.5. The molecule has 1 N–H and O–H groups in total. The van der Waals surface area contributed by atoms with Gasteiger partial charge in [-0.1, -0.05) is 35.0 Å². The van der Waals surface area contributed by atoms with Crippen LogP contribution in [-0.4, -0.2) is 47.8 Å². The maximum Gasteiger partial charge on any atom is 0.227 e. The Labute approximate surface area is 125 Å². The Morgan fingerprint density at radius 1 is 1.19 bits per heavy atom. The Kier molecular flexibility index (Phi) is 4.62. The molecule has 1 aromatic heterocycles. The fourth-order valence-corrected chi connectivity index (χ4v) is 2.56. The molecule has 0 aliphatic carbocycles. The second kappa shape index (κ2) is 6.83. The van der Waals surface area contributed by atoms with Gasteiger partial charge in [-0.05, 0) is 19.9 Å². The minimum atomic E-state index is 0.687. The zero-order chi connectivity index (χ0) is 14.5. The molecule has 3 rings (SSSR count). The summed E-state index contributed by atoms with van der Waals surface area (Å²) in [7, 11) is 0. The molecule has 21 heavy (non-hydrogen) atoms. The third kappa shape index (κ3) is 3.89. The summed E-state index contributed by atoms with van der Waals surface area (Å²) in [6, 6.07) is 8.20. The standard InChI is InChI=1S/C16H22N4O/c1-13-4-6-14(7-5-13)16-18-15(21-19-16)3-2-10-20-11-8-17-9-12-20/h4-7,17H,2-3,8-12H2,1H3. The van der Waals surface area contributed by atoms with E-state index in [0.717, 1.165) is 57.0 Å². The van der Waals surface area contributed by atoms with Gasteiger partial charge in [0.15, 0.2) is 0 Å². The van der Waals surface area contributed by atoms with E-state index in [1.165, 1.54) is 5.56 Å². The van der Waals surface area contributed by atoms with Crippen molar-refractivity contribution in [2.45, 2.75) is 19.8 Å². The summed E-state index contributed by atoms with van der Waals surface area (Å²) in [6.45, 7) is 7.64. The monoisotopic (exact) mass is 286 g/mol. The first kappa shape index (κ1) is 14.2. The molecule has 1 fully saturated rings. The first-order valence-electron chi connectivity index (χ1n) is 7.64. The molecule has 0 unspecified atom stereocenters. The zero-order valence-electron chi connectivity index (χ0n) is 12.5. The van der Waals surface area contributed by atoms with Gasteiger partial charge in [-0.25, -0.2) is 0 Å². The molecule has 0 saturated carbocycles. The van der Waals surface area contributed by atoms with E-state index >= 15 is 0 Å². The predicted molar refractivity (Wildman–Crippen MR) is 82.1 cm³/mol. The fourth-order valence-electron chi connectivity index (χ4n) is 2.56. The number of aryl methyl sites for hydroxylation is 2. The van der Waals surface area contributed by atoms with E-state index in [0.29, 0.717) is 5.82 Å². The second-order valence-corrected chi connectivity index (χ2v) is 5.57. The van der Waals surface area contributed by atoms with Gasteiger partial charge in [0, 0.05) is 38.2 Å². The summed E-state index contributed by atoms with van der Waals surface area (Å²) in [5.41, 5.74) is 2.25. The normalized spacial score (nSPS) is 16.2. The number of piperazine rings is 1. The smallest absolute Gasteiger partial charge is 0.227 e. The highest BCUT2D eigenvalue weighted by atomic mass is 16.5. The first-order valence-corrected chi connectivity index (χ1v) is 7.64. The van der Waals surface area contributed by atoms with Crippen molar-refractivity contribution in [3.8, 4) is 11.4 Å². The third-order valence-electron chi connectivity index (χ3n) is 3.85. The van der Waals surface area contributed by atoms with Gasteiger partial charge in [0.05, 0.1) is 0 Å².